The van der Waals surface area contributed by atoms with Gasteiger partial charge in [-0.05, 0) is 12.1 Å². The molecular formula is C15H16N4O6. The second-order valence-electron chi connectivity index (χ2n) is 5.22. The van der Waals surface area contributed by atoms with Crippen LogP contribution >= 0.6 is 0 Å². The first-order valence-corrected chi connectivity index (χ1v) is 7.24. The van der Waals surface area contributed by atoms with Crippen LogP contribution < -0.4 is 10.9 Å². The van der Waals surface area contributed by atoms with Gasteiger partial charge >= 0.3 is 0 Å². The quantitative estimate of drug-likeness (QED) is 0.559. The molecule has 0 radical (unpaired) electrons. The van der Waals surface area contributed by atoms with Crippen LogP contribution in [-0.2, 0) is 22.7 Å². The van der Waals surface area contributed by atoms with E-state index in [0.29, 0.717) is 5.76 Å². The molecule has 0 saturated heterocycles. The Kier molecular flexibility index (Phi) is 5.66. The average molecular weight is 348 g/mol. The van der Waals surface area contributed by atoms with E-state index >= 15 is 0 Å². The van der Waals surface area contributed by atoms with Gasteiger partial charge in [0.15, 0.2) is 0 Å². The molecule has 0 fully saturated rings. The second kappa shape index (κ2) is 7.90. The molecule has 0 unspecified atom stereocenters. The van der Waals surface area contributed by atoms with Crippen molar-refractivity contribution in [2.24, 2.45) is 0 Å². The van der Waals surface area contributed by atoms with Gasteiger partial charge in [0.25, 0.3) is 11.2 Å². The van der Waals surface area contributed by atoms with Crippen molar-refractivity contribution < 1.29 is 18.9 Å². The minimum Gasteiger partial charge on any atom is -0.467 e. The van der Waals surface area contributed by atoms with Crippen LogP contribution in [0, 0.1) is 10.1 Å². The highest BCUT2D eigenvalue weighted by Gasteiger charge is 2.16. The monoisotopic (exact) mass is 348 g/mol. The Morgan fingerprint density at radius 2 is 2.12 bits per heavy atom. The van der Waals surface area contributed by atoms with Crippen molar-refractivity contribution >= 4 is 17.5 Å². The number of hydrogen-bond donors (Lipinski definition) is 1. The van der Waals surface area contributed by atoms with Gasteiger partial charge in [0.2, 0.25) is 11.8 Å². The number of nitrogens with zero attached hydrogens (tertiary/aromatic N) is 3. The number of hydrogen-bond acceptors (Lipinski definition) is 6. The summed E-state index contributed by atoms with van der Waals surface area (Å²) in [6, 6.07) is 5.47. The fraction of sp³-hybridized carbons (Fsp3) is 0.267. The van der Waals surface area contributed by atoms with E-state index in [4.69, 9.17) is 4.42 Å². The van der Waals surface area contributed by atoms with Crippen molar-refractivity contribution in [2.45, 2.75) is 13.1 Å². The zero-order valence-electron chi connectivity index (χ0n) is 13.4. The first-order valence-electron chi connectivity index (χ1n) is 7.24. The summed E-state index contributed by atoms with van der Waals surface area (Å²) >= 11 is 0. The molecule has 2 rings (SSSR count). The largest absolute Gasteiger partial charge is 0.467 e. The zero-order valence-corrected chi connectivity index (χ0v) is 13.4. The lowest BCUT2D eigenvalue weighted by atomic mass is 10.4. The minimum absolute atomic E-state index is 0.193. The topological polar surface area (TPSA) is 128 Å². The zero-order chi connectivity index (χ0) is 18.4. The summed E-state index contributed by atoms with van der Waals surface area (Å²) in [7, 11) is 1.40. The van der Waals surface area contributed by atoms with E-state index < -0.39 is 28.8 Å². The van der Waals surface area contributed by atoms with E-state index in [-0.39, 0.29) is 18.8 Å². The molecule has 10 heteroatoms. The van der Waals surface area contributed by atoms with Crippen LogP contribution in [0.2, 0.25) is 0 Å². The standard InChI is InChI=1S/C15H16N4O6/c1-17(9-13(20)16-7-12-3-2-6-25-12)15(22)10-18-8-11(19(23)24)4-5-14(18)21/h2-6,8H,7,9-10H2,1H3,(H,16,20). The van der Waals surface area contributed by atoms with Gasteiger partial charge in [-0.2, -0.15) is 0 Å². The molecule has 0 saturated carbocycles. The van der Waals surface area contributed by atoms with Gasteiger partial charge in [0.05, 0.1) is 30.5 Å². The summed E-state index contributed by atoms with van der Waals surface area (Å²) < 4.78 is 6.00. The Morgan fingerprint density at radius 3 is 2.76 bits per heavy atom. The fourth-order valence-corrected chi connectivity index (χ4v) is 1.98. The van der Waals surface area contributed by atoms with Gasteiger partial charge in [-0.25, -0.2) is 0 Å². The molecule has 0 aliphatic carbocycles. The van der Waals surface area contributed by atoms with E-state index in [1.54, 1.807) is 12.1 Å². The molecule has 2 aromatic rings. The maximum Gasteiger partial charge on any atom is 0.285 e. The van der Waals surface area contributed by atoms with E-state index in [9.17, 15) is 24.5 Å². The van der Waals surface area contributed by atoms with Crippen LogP contribution in [0.3, 0.4) is 0 Å². The Bertz CT molecular complexity index is 827. The summed E-state index contributed by atoms with van der Waals surface area (Å²) in [4.78, 5) is 46.8. The molecule has 2 amide bonds. The Hall–Kier alpha value is -3.43. The number of nitrogens with one attached hydrogen (secondary N) is 1. The van der Waals surface area contributed by atoms with Crippen LogP contribution in [0.4, 0.5) is 5.69 Å². The van der Waals surface area contributed by atoms with Gasteiger partial charge in [-0.1, -0.05) is 0 Å². The Balaban J connectivity index is 1.91. The maximum absolute atomic E-state index is 12.1. The van der Waals surface area contributed by atoms with Crippen molar-refractivity contribution in [3.05, 3.63) is 63.0 Å². The molecule has 0 atom stereocenters. The third kappa shape index (κ3) is 5.03. The summed E-state index contributed by atoms with van der Waals surface area (Å²) in [5, 5.41) is 13.3. The number of amides is 2. The van der Waals surface area contributed by atoms with Gasteiger partial charge in [-0.3, -0.25) is 29.1 Å². The predicted octanol–water partition coefficient (Wildman–Crippen LogP) is 0.124. The number of carbonyl (C=O) groups is 2. The van der Waals surface area contributed by atoms with Gasteiger partial charge in [0.1, 0.15) is 12.3 Å². The van der Waals surface area contributed by atoms with E-state index in [1.807, 2.05) is 0 Å². The van der Waals surface area contributed by atoms with Gasteiger partial charge in [0, 0.05) is 19.2 Å². The maximum atomic E-state index is 12.1. The first kappa shape index (κ1) is 17.9. The molecule has 0 bridgehead atoms. The number of aromatic nitrogens is 1. The molecule has 2 heterocycles. The second-order valence-corrected chi connectivity index (χ2v) is 5.22. The molecule has 132 valence electrons. The van der Waals surface area contributed by atoms with Crippen LogP contribution in [0.1, 0.15) is 5.76 Å². The molecule has 0 aliphatic heterocycles. The van der Waals surface area contributed by atoms with E-state index in [1.165, 1.54) is 13.3 Å². The van der Waals surface area contributed by atoms with Crippen molar-refractivity contribution in [2.75, 3.05) is 13.6 Å². The smallest absolute Gasteiger partial charge is 0.285 e. The molecule has 0 spiro atoms. The summed E-state index contributed by atoms with van der Waals surface area (Å²) in [5.41, 5.74) is -0.846. The van der Waals surface area contributed by atoms with Crippen molar-refractivity contribution in [1.82, 2.24) is 14.8 Å². The molecule has 1 N–H and O–H groups in total. The van der Waals surface area contributed by atoms with E-state index in [2.05, 4.69) is 5.32 Å². The molecular weight excluding hydrogens is 332 g/mol. The Morgan fingerprint density at radius 1 is 1.36 bits per heavy atom. The first-order chi connectivity index (χ1) is 11.9. The molecule has 0 aliphatic rings. The highest BCUT2D eigenvalue weighted by molar-refractivity contribution is 5.84. The van der Waals surface area contributed by atoms with Crippen LogP contribution in [0.15, 0.2) is 45.9 Å². The molecule has 2 aromatic heterocycles. The number of carbonyl (C=O) groups excluding carboxylic acids is 2. The predicted molar refractivity (Wildman–Crippen MR) is 85.5 cm³/mol. The number of rotatable bonds is 7. The Labute approximate surface area is 141 Å². The molecule has 10 nitrogen and oxygen atoms in total. The number of likely N-dealkylation sites (N-methyl/N-ethyl adjacent to an activating group) is 1. The lowest BCUT2D eigenvalue weighted by Crippen LogP contribution is -2.40. The SMILES string of the molecule is CN(CC(=O)NCc1ccco1)C(=O)Cn1cc([N+](=O)[O-])ccc1=O. The summed E-state index contributed by atoms with van der Waals surface area (Å²) in [5.74, 6) is -0.361. The van der Waals surface area contributed by atoms with E-state index in [0.717, 1.165) is 27.8 Å². The lowest BCUT2D eigenvalue weighted by Gasteiger charge is -2.17. The molecule has 0 aromatic carbocycles. The minimum atomic E-state index is -0.661. The third-order valence-electron chi connectivity index (χ3n) is 3.33. The summed E-state index contributed by atoms with van der Waals surface area (Å²) in [6.07, 6.45) is 2.47. The van der Waals surface area contributed by atoms with Gasteiger partial charge < -0.3 is 14.6 Å². The van der Waals surface area contributed by atoms with Crippen LogP contribution in [-0.4, -0.2) is 39.8 Å². The van der Waals surface area contributed by atoms with Crippen molar-refractivity contribution in [3.63, 3.8) is 0 Å². The highest BCUT2D eigenvalue weighted by Crippen LogP contribution is 2.06. The number of nitro groups is 1. The number of pyridine rings is 1. The summed E-state index contributed by atoms with van der Waals surface area (Å²) in [6.45, 7) is -0.427. The average Bonchev–Trinajstić information content (AvgIpc) is 3.08. The highest BCUT2D eigenvalue weighted by atomic mass is 16.6. The van der Waals surface area contributed by atoms with Crippen molar-refractivity contribution in [1.29, 1.82) is 0 Å². The normalized spacial score (nSPS) is 10.3. The molecule has 25 heavy (non-hydrogen) atoms. The lowest BCUT2D eigenvalue weighted by molar-refractivity contribution is -0.385. The van der Waals surface area contributed by atoms with Crippen molar-refractivity contribution in [3.8, 4) is 0 Å². The van der Waals surface area contributed by atoms with Crippen LogP contribution in [0.5, 0.6) is 0 Å². The number of furan rings is 1. The third-order valence-corrected chi connectivity index (χ3v) is 3.33. The van der Waals surface area contributed by atoms with Crippen LogP contribution in [0.25, 0.3) is 0 Å². The van der Waals surface area contributed by atoms with Gasteiger partial charge in [-0.15, -0.1) is 0 Å². The fourth-order valence-electron chi connectivity index (χ4n) is 1.98.